The number of aromatic nitrogens is 1. The van der Waals surface area contributed by atoms with Gasteiger partial charge in [0, 0.05) is 81.0 Å². The number of halogens is 1. The van der Waals surface area contributed by atoms with E-state index >= 15 is 0 Å². The summed E-state index contributed by atoms with van der Waals surface area (Å²) in [5.74, 6) is 1.45. The van der Waals surface area contributed by atoms with E-state index in [9.17, 15) is 9.59 Å². The number of nitrogens with one attached hydrogen (secondary N) is 2. The van der Waals surface area contributed by atoms with Crippen LogP contribution in [0, 0.1) is 0 Å². The van der Waals surface area contributed by atoms with Crippen molar-refractivity contribution in [3.63, 3.8) is 0 Å². The smallest absolute Gasteiger partial charge is 0.265 e. The summed E-state index contributed by atoms with van der Waals surface area (Å²) in [6, 6.07) is 23.0. The molecule has 0 spiro atoms. The summed E-state index contributed by atoms with van der Waals surface area (Å²) in [4.78, 5) is 40.8. The summed E-state index contributed by atoms with van der Waals surface area (Å²) in [5, 5.41) is 6.00. The van der Waals surface area contributed by atoms with Gasteiger partial charge in [-0.05, 0) is 108 Å². The minimum atomic E-state index is -0.107. The van der Waals surface area contributed by atoms with Crippen molar-refractivity contribution in [2.24, 2.45) is 0 Å². The number of nitrogens with zero attached hydrogens (tertiary/aromatic N) is 5. The van der Waals surface area contributed by atoms with Gasteiger partial charge in [0.25, 0.3) is 11.8 Å². The Bertz CT molecular complexity index is 1990. The maximum atomic E-state index is 12.8. The Morgan fingerprint density at radius 3 is 1.57 bits per heavy atom. The maximum Gasteiger partial charge on any atom is 0.265 e. The van der Waals surface area contributed by atoms with Crippen LogP contribution < -0.4 is 29.9 Å². The molecule has 0 saturated carbocycles. The van der Waals surface area contributed by atoms with E-state index in [-0.39, 0.29) is 11.8 Å². The Hall–Kier alpha value is -4.47. The molecule has 0 aliphatic carbocycles. The van der Waals surface area contributed by atoms with Crippen LogP contribution >= 0.6 is 38.6 Å². The van der Waals surface area contributed by atoms with Crippen LogP contribution in [0.2, 0.25) is 0 Å². The van der Waals surface area contributed by atoms with Crippen molar-refractivity contribution in [1.82, 2.24) is 14.8 Å². The van der Waals surface area contributed by atoms with Gasteiger partial charge in [-0.3, -0.25) is 14.6 Å². The zero-order valence-corrected chi connectivity index (χ0v) is 33.5. The lowest BCUT2D eigenvalue weighted by atomic mass is 10.2. The average Bonchev–Trinajstić information content (AvgIpc) is 3.86. The molecule has 2 fully saturated rings. The number of piperazine rings is 2. The fourth-order valence-electron chi connectivity index (χ4n) is 6.08. The predicted octanol–water partition coefficient (Wildman–Crippen LogP) is 7.35. The number of carbonyl (C=O) groups excluding carboxylic acids is 2. The highest BCUT2D eigenvalue weighted by atomic mass is 79.9. The first kappa shape index (κ1) is 38.3. The van der Waals surface area contributed by atoms with E-state index in [0.29, 0.717) is 9.75 Å². The normalized spacial score (nSPS) is 15.0. The molecular formula is C39H44BrN7O4S2. The van der Waals surface area contributed by atoms with Gasteiger partial charge in [0.2, 0.25) is 0 Å². The molecule has 2 saturated heterocycles. The molecule has 0 radical (unpaired) electrons. The first-order chi connectivity index (χ1) is 25.7. The van der Waals surface area contributed by atoms with E-state index in [2.05, 4.69) is 65.2 Å². The number of benzene rings is 2. The van der Waals surface area contributed by atoms with Crippen molar-refractivity contribution < 1.29 is 19.1 Å². The molecule has 0 bridgehead atoms. The number of methoxy groups -OCH3 is 2. The Labute approximate surface area is 327 Å². The van der Waals surface area contributed by atoms with Gasteiger partial charge in [-0.1, -0.05) is 0 Å². The zero-order valence-electron chi connectivity index (χ0n) is 30.3. The molecule has 0 unspecified atom stereocenters. The van der Waals surface area contributed by atoms with Crippen molar-refractivity contribution in [2.45, 2.75) is 0 Å². The average molecular weight is 819 g/mol. The van der Waals surface area contributed by atoms with Gasteiger partial charge in [-0.15, -0.1) is 22.7 Å². The molecule has 2 aromatic carbocycles. The highest BCUT2D eigenvalue weighted by Crippen LogP contribution is 2.34. The molecule has 7 rings (SSSR count). The van der Waals surface area contributed by atoms with Crippen molar-refractivity contribution in [1.29, 1.82) is 0 Å². The van der Waals surface area contributed by atoms with Crippen molar-refractivity contribution in [2.75, 3.05) is 101 Å². The lowest BCUT2D eigenvalue weighted by Gasteiger charge is -2.34. The molecule has 14 heteroatoms. The number of hydrogen-bond acceptors (Lipinski definition) is 11. The summed E-state index contributed by atoms with van der Waals surface area (Å²) in [6.07, 6.45) is 3.51. The number of thiophene rings is 2. The molecule has 3 aromatic heterocycles. The van der Waals surface area contributed by atoms with Gasteiger partial charge in [0.05, 0.1) is 39.1 Å². The van der Waals surface area contributed by atoms with E-state index in [1.54, 1.807) is 26.6 Å². The molecule has 5 heterocycles. The van der Waals surface area contributed by atoms with Crippen LogP contribution in [0.3, 0.4) is 0 Å². The molecule has 2 amide bonds. The van der Waals surface area contributed by atoms with Gasteiger partial charge in [-0.2, -0.15) is 0 Å². The molecule has 53 heavy (non-hydrogen) atoms. The van der Waals surface area contributed by atoms with E-state index in [4.69, 9.17) is 9.47 Å². The molecule has 11 nitrogen and oxygen atoms in total. The van der Waals surface area contributed by atoms with Crippen molar-refractivity contribution >= 4 is 73.2 Å². The van der Waals surface area contributed by atoms with Crippen LogP contribution in [-0.2, 0) is 0 Å². The van der Waals surface area contributed by atoms with Crippen molar-refractivity contribution in [3.8, 4) is 21.9 Å². The summed E-state index contributed by atoms with van der Waals surface area (Å²) in [6.45, 7) is 7.81. The van der Waals surface area contributed by atoms with E-state index < -0.39 is 0 Å². The molecule has 2 N–H and O–H groups in total. The van der Waals surface area contributed by atoms with Crippen molar-refractivity contribution in [3.05, 3.63) is 98.7 Å². The standard InChI is InChI=1S/C22H24N4O2S.C17H20BrN3O2S/c1-25-11-13-26(14-12-25)18-15-17(3-4-19(18)28-2)24-22(27)21-6-5-20(29-21)16-7-9-23-10-8-16;1-20-7-9-21(10-8-20)13-11-12(3-4-14(13)23-2)19-17(22)15-5-6-16(18)24-15/h3-10,15H,11-14H2,1-2H3,(H,24,27);3-6,11H,7-10H2,1-2H3,(H,19,22). The van der Waals surface area contributed by atoms with E-state index in [1.807, 2.05) is 72.8 Å². The SMILES string of the molecule is COc1ccc(NC(=O)c2ccc(-c3ccncc3)s2)cc1N1CCN(C)CC1.COc1ccc(NC(=O)c2ccc(Br)s2)cc1N1CCN(C)CC1. The number of rotatable bonds is 9. The Balaban J connectivity index is 0.000000185. The van der Waals surface area contributed by atoms with Crippen LogP contribution in [0.4, 0.5) is 22.7 Å². The Kier molecular flexibility index (Phi) is 13.0. The first-order valence-electron chi connectivity index (χ1n) is 17.3. The van der Waals surface area contributed by atoms with Gasteiger partial charge in [-0.25, -0.2) is 0 Å². The third-order valence-corrected chi connectivity index (χ3v) is 11.9. The summed E-state index contributed by atoms with van der Waals surface area (Å²) >= 11 is 6.28. The third kappa shape index (κ3) is 9.95. The quantitative estimate of drug-likeness (QED) is 0.158. The second kappa shape index (κ2) is 18.0. The van der Waals surface area contributed by atoms with Gasteiger partial charge in [0.1, 0.15) is 11.5 Å². The third-order valence-electron chi connectivity index (χ3n) is 9.15. The van der Waals surface area contributed by atoms with Crippen LogP contribution in [0.25, 0.3) is 10.4 Å². The number of hydrogen-bond donors (Lipinski definition) is 2. The second-order valence-electron chi connectivity index (χ2n) is 12.8. The minimum absolute atomic E-state index is 0.0970. The van der Waals surface area contributed by atoms with Crippen LogP contribution in [-0.4, -0.2) is 107 Å². The summed E-state index contributed by atoms with van der Waals surface area (Å²) in [5.41, 5.74) is 4.64. The van der Waals surface area contributed by atoms with Crippen LogP contribution in [0.15, 0.2) is 89.0 Å². The number of likely N-dealkylation sites (N-methyl/N-ethyl adjacent to an activating group) is 2. The highest BCUT2D eigenvalue weighted by Gasteiger charge is 2.21. The topological polar surface area (TPSA) is 103 Å². The summed E-state index contributed by atoms with van der Waals surface area (Å²) in [7, 11) is 7.62. The second-order valence-corrected chi connectivity index (χ2v) is 16.3. The number of amides is 2. The lowest BCUT2D eigenvalue weighted by Crippen LogP contribution is -2.44. The highest BCUT2D eigenvalue weighted by molar-refractivity contribution is 9.11. The number of ether oxygens (including phenoxy) is 2. The van der Waals surface area contributed by atoms with Gasteiger partial charge < -0.3 is 39.7 Å². The largest absolute Gasteiger partial charge is 0.495 e. The minimum Gasteiger partial charge on any atom is -0.495 e. The number of carbonyl (C=O) groups is 2. The Morgan fingerprint density at radius 2 is 1.11 bits per heavy atom. The van der Waals surface area contributed by atoms with E-state index in [0.717, 1.165) is 101 Å². The predicted molar refractivity (Wildman–Crippen MR) is 221 cm³/mol. The molecular weight excluding hydrogens is 775 g/mol. The Morgan fingerprint density at radius 1 is 0.642 bits per heavy atom. The fraction of sp³-hybridized carbons (Fsp3) is 0.308. The van der Waals surface area contributed by atoms with Gasteiger partial charge >= 0.3 is 0 Å². The van der Waals surface area contributed by atoms with E-state index in [1.165, 1.54) is 22.7 Å². The number of pyridine rings is 1. The van der Waals surface area contributed by atoms with Gasteiger partial charge in [0.15, 0.2) is 0 Å². The number of anilines is 4. The molecule has 2 aliphatic heterocycles. The molecule has 278 valence electrons. The maximum absolute atomic E-state index is 12.8. The molecule has 2 aliphatic rings. The zero-order chi connectivity index (χ0) is 37.3. The van der Waals surface area contributed by atoms with Crippen LogP contribution in [0.5, 0.6) is 11.5 Å². The molecule has 5 aromatic rings. The monoisotopic (exact) mass is 817 g/mol. The van der Waals surface area contributed by atoms with Crippen LogP contribution in [0.1, 0.15) is 19.3 Å². The molecule has 0 atom stereocenters. The fourth-order valence-corrected chi connectivity index (χ4v) is 8.27. The lowest BCUT2D eigenvalue weighted by molar-refractivity contribution is 0.102. The summed E-state index contributed by atoms with van der Waals surface area (Å²) < 4.78 is 12.0. The first-order valence-corrected chi connectivity index (χ1v) is 19.7.